The number of nitrogens with zero attached hydrogens (tertiary/aromatic N) is 1. The van der Waals surface area contributed by atoms with Crippen LogP contribution in [0, 0.1) is 20.8 Å². The normalized spacial score (nSPS) is 13.2. The number of rotatable bonds is 3. The molecule has 1 nitrogen and oxygen atoms in total. The van der Waals surface area contributed by atoms with E-state index in [0.717, 1.165) is 24.3 Å². The number of hydrogen-bond acceptors (Lipinski definition) is 2. The molecule has 0 amide bonds. The summed E-state index contributed by atoms with van der Waals surface area (Å²) in [6, 6.07) is 11.1. The van der Waals surface area contributed by atoms with Gasteiger partial charge >= 0.3 is 0 Å². The van der Waals surface area contributed by atoms with Gasteiger partial charge in [0.2, 0.25) is 0 Å². The first-order valence-corrected chi connectivity index (χ1v) is 8.95. The molecule has 114 valence electrons. The Labute approximate surface area is 137 Å². The van der Waals surface area contributed by atoms with Crippen LogP contribution in [0.2, 0.25) is 0 Å². The zero-order valence-corrected chi connectivity index (χ0v) is 14.7. The lowest BCUT2D eigenvalue weighted by atomic mass is 9.97. The molecular formula is C20H23NS. The van der Waals surface area contributed by atoms with Crippen molar-refractivity contribution in [3.8, 4) is 0 Å². The Morgan fingerprint density at radius 2 is 1.91 bits per heavy atom. The number of hydrogen-bond donors (Lipinski definition) is 0. The SMILES string of the molecule is CCc1ccc(C)c(CSC2=Nc3ccc(C)cc3C2)c1C. The van der Waals surface area contributed by atoms with E-state index in [1.54, 1.807) is 0 Å². The van der Waals surface area contributed by atoms with E-state index < -0.39 is 0 Å². The Bertz CT molecular complexity index is 744. The Morgan fingerprint density at radius 3 is 2.68 bits per heavy atom. The Morgan fingerprint density at radius 1 is 1.09 bits per heavy atom. The molecule has 0 saturated carbocycles. The van der Waals surface area contributed by atoms with Gasteiger partial charge in [0, 0.05) is 12.2 Å². The van der Waals surface area contributed by atoms with Gasteiger partial charge in [-0.05, 0) is 61.1 Å². The van der Waals surface area contributed by atoms with Gasteiger partial charge in [-0.25, -0.2) is 4.99 Å². The minimum atomic E-state index is 0.993. The van der Waals surface area contributed by atoms with Crippen molar-refractivity contribution in [2.24, 2.45) is 4.99 Å². The van der Waals surface area contributed by atoms with Crippen LogP contribution in [0.1, 0.15) is 40.3 Å². The summed E-state index contributed by atoms with van der Waals surface area (Å²) in [5, 5.41) is 1.25. The minimum Gasteiger partial charge on any atom is -0.246 e. The molecule has 0 spiro atoms. The lowest BCUT2D eigenvalue weighted by Crippen LogP contribution is -1.99. The average Bonchev–Trinajstić information content (AvgIpc) is 2.89. The molecule has 1 aliphatic heterocycles. The van der Waals surface area contributed by atoms with E-state index in [2.05, 4.69) is 58.0 Å². The summed E-state index contributed by atoms with van der Waals surface area (Å²) in [6.45, 7) is 8.86. The lowest BCUT2D eigenvalue weighted by molar-refractivity contribution is 1.08. The van der Waals surface area contributed by atoms with E-state index in [4.69, 9.17) is 4.99 Å². The molecule has 0 radical (unpaired) electrons. The molecule has 1 aliphatic rings. The second-order valence-corrected chi connectivity index (χ2v) is 7.15. The summed E-state index contributed by atoms with van der Waals surface area (Å²) >= 11 is 1.90. The van der Waals surface area contributed by atoms with Gasteiger partial charge in [-0.3, -0.25) is 0 Å². The number of aliphatic imine (C=N–C) groups is 1. The molecule has 0 bridgehead atoms. The molecular weight excluding hydrogens is 286 g/mol. The Hall–Kier alpha value is -1.54. The van der Waals surface area contributed by atoms with E-state index in [9.17, 15) is 0 Å². The minimum absolute atomic E-state index is 0.993. The van der Waals surface area contributed by atoms with Crippen molar-refractivity contribution in [1.29, 1.82) is 0 Å². The number of fused-ring (bicyclic) bond motifs is 1. The lowest BCUT2D eigenvalue weighted by Gasteiger charge is -2.13. The second-order valence-electron chi connectivity index (χ2n) is 6.10. The van der Waals surface area contributed by atoms with Crippen molar-refractivity contribution in [3.05, 3.63) is 63.7 Å². The number of aryl methyl sites for hydroxylation is 3. The monoisotopic (exact) mass is 309 g/mol. The van der Waals surface area contributed by atoms with Crippen LogP contribution >= 0.6 is 11.8 Å². The van der Waals surface area contributed by atoms with Crippen LogP contribution in [0.15, 0.2) is 35.3 Å². The smallest absolute Gasteiger partial charge is 0.0786 e. The molecule has 2 aromatic rings. The summed E-state index contributed by atoms with van der Waals surface area (Å²) < 4.78 is 0. The van der Waals surface area contributed by atoms with Gasteiger partial charge in [0.05, 0.1) is 10.7 Å². The van der Waals surface area contributed by atoms with E-state index in [1.807, 2.05) is 11.8 Å². The van der Waals surface area contributed by atoms with E-state index in [-0.39, 0.29) is 0 Å². The van der Waals surface area contributed by atoms with Gasteiger partial charge in [0.1, 0.15) is 0 Å². The van der Waals surface area contributed by atoms with E-state index >= 15 is 0 Å². The fourth-order valence-electron chi connectivity index (χ4n) is 3.09. The largest absolute Gasteiger partial charge is 0.246 e. The molecule has 0 fully saturated rings. The summed E-state index contributed by atoms with van der Waals surface area (Å²) in [5.41, 5.74) is 9.66. The Kier molecular flexibility index (Phi) is 4.39. The molecule has 0 atom stereocenters. The maximum absolute atomic E-state index is 4.79. The second kappa shape index (κ2) is 6.29. The van der Waals surface area contributed by atoms with Gasteiger partial charge in [-0.1, -0.05) is 36.8 Å². The standard InChI is InChI=1S/C20H23NS/c1-5-16-8-7-14(3)18(15(16)4)12-22-20-11-17-10-13(2)6-9-19(17)21-20/h6-10H,5,11-12H2,1-4H3. The average molecular weight is 309 g/mol. The summed E-state index contributed by atoms with van der Waals surface area (Å²) in [5.74, 6) is 1.03. The van der Waals surface area contributed by atoms with Gasteiger partial charge in [-0.15, -0.1) is 11.8 Å². The highest BCUT2D eigenvalue weighted by molar-refractivity contribution is 8.13. The third-order valence-electron chi connectivity index (χ3n) is 4.53. The van der Waals surface area contributed by atoms with Crippen molar-refractivity contribution < 1.29 is 0 Å². The fraction of sp³-hybridized carbons (Fsp3) is 0.350. The van der Waals surface area contributed by atoms with Crippen LogP contribution < -0.4 is 0 Å². The van der Waals surface area contributed by atoms with Crippen molar-refractivity contribution in [1.82, 2.24) is 0 Å². The highest BCUT2D eigenvalue weighted by Crippen LogP contribution is 2.33. The zero-order valence-electron chi connectivity index (χ0n) is 13.9. The van der Waals surface area contributed by atoms with Crippen LogP contribution in [-0.4, -0.2) is 5.04 Å². The molecule has 2 heteroatoms. The molecule has 2 aromatic carbocycles. The number of benzene rings is 2. The maximum Gasteiger partial charge on any atom is 0.0786 e. The molecule has 22 heavy (non-hydrogen) atoms. The van der Waals surface area contributed by atoms with Crippen LogP contribution in [0.5, 0.6) is 0 Å². The third-order valence-corrected chi connectivity index (χ3v) is 5.53. The highest BCUT2D eigenvalue weighted by atomic mass is 32.2. The van der Waals surface area contributed by atoms with E-state index in [1.165, 1.54) is 38.4 Å². The van der Waals surface area contributed by atoms with Crippen LogP contribution in [0.25, 0.3) is 0 Å². The first kappa shape index (κ1) is 15.4. The highest BCUT2D eigenvalue weighted by Gasteiger charge is 2.16. The van der Waals surface area contributed by atoms with E-state index in [0.29, 0.717) is 0 Å². The van der Waals surface area contributed by atoms with Gasteiger partial charge in [-0.2, -0.15) is 0 Å². The third kappa shape index (κ3) is 2.98. The van der Waals surface area contributed by atoms with Gasteiger partial charge < -0.3 is 0 Å². The first-order valence-electron chi connectivity index (χ1n) is 7.96. The van der Waals surface area contributed by atoms with Crippen LogP contribution in [0.4, 0.5) is 5.69 Å². The molecule has 0 unspecified atom stereocenters. The fourth-order valence-corrected chi connectivity index (χ4v) is 4.26. The zero-order chi connectivity index (χ0) is 15.7. The Balaban J connectivity index is 1.75. The molecule has 3 rings (SSSR count). The molecule has 0 aliphatic carbocycles. The summed E-state index contributed by atoms with van der Waals surface area (Å²) in [7, 11) is 0. The predicted molar refractivity (Wildman–Crippen MR) is 98.6 cm³/mol. The van der Waals surface area contributed by atoms with Crippen molar-refractivity contribution in [3.63, 3.8) is 0 Å². The van der Waals surface area contributed by atoms with Crippen molar-refractivity contribution >= 4 is 22.5 Å². The quantitative estimate of drug-likeness (QED) is 0.709. The van der Waals surface area contributed by atoms with Crippen LogP contribution in [0.3, 0.4) is 0 Å². The van der Waals surface area contributed by atoms with Gasteiger partial charge in [0.15, 0.2) is 0 Å². The molecule has 1 heterocycles. The molecule has 0 saturated heterocycles. The topological polar surface area (TPSA) is 12.4 Å². The van der Waals surface area contributed by atoms with Crippen LogP contribution in [-0.2, 0) is 18.6 Å². The predicted octanol–water partition coefficient (Wildman–Crippen LogP) is 5.69. The summed E-state index contributed by atoms with van der Waals surface area (Å²) in [6.07, 6.45) is 2.10. The molecule has 0 aromatic heterocycles. The van der Waals surface area contributed by atoms with Gasteiger partial charge in [0.25, 0.3) is 0 Å². The summed E-state index contributed by atoms with van der Waals surface area (Å²) in [4.78, 5) is 4.79. The van der Waals surface area contributed by atoms with Crippen molar-refractivity contribution in [2.75, 3.05) is 0 Å². The first-order chi connectivity index (χ1) is 10.6. The maximum atomic E-state index is 4.79. The molecule has 0 N–H and O–H groups in total. The van der Waals surface area contributed by atoms with Crippen molar-refractivity contribution in [2.45, 2.75) is 46.3 Å². The number of thioether (sulfide) groups is 1.